The van der Waals surface area contributed by atoms with Crippen LogP contribution >= 0.6 is 0 Å². The number of benzene rings is 1. The van der Waals surface area contributed by atoms with Crippen molar-refractivity contribution in [3.8, 4) is 5.75 Å². The number of carbonyl (C=O) groups is 4. The van der Waals surface area contributed by atoms with E-state index in [2.05, 4.69) is 4.18 Å². The van der Waals surface area contributed by atoms with E-state index in [0.29, 0.717) is 0 Å². The van der Waals surface area contributed by atoms with Gasteiger partial charge in [0.05, 0.1) is 17.2 Å². The number of hydrogen-bond acceptors (Lipinski definition) is 12. The van der Waals surface area contributed by atoms with Crippen molar-refractivity contribution in [3.05, 3.63) is 45.4 Å². The van der Waals surface area contributed by atoms with Gasteiger partial charge in [-0.2, -0.15) is 21.6 Å². The van der Waals surface area contributed by atoms with E-state index in [1.807, 2.05) is 0 Å². The molecule has 0 radical (unpaired) electrons. The molecule has 0 heterocycles. The van der Waals surface area contributed by atoms with Gasteiger partial charge >= 0.3 is 15.6 Å². The molecule has 234 valence electrons. The van der Waals surface area contributed by atoms with Gasteiger partial charge in [-0.3, -0.25) is 24.1 Å². The fourth-order valence-electron chi connectivity index (χ4n) is 6.19. The number of hydrogen-bond donors (Lipinski definition) is 4. The number of primary amides is 1. The summed E-state index contributed by atoms with van der Waals surface area (Å²) in [5.74, 6) is -10.8. The van der Waals surface area contributed by atoms with E-state index in [-0.39, 0.29) is 24.1 Å². The van der Waals surface area contributed by atoms with E-state index in [0.717, 1.165) is 13.0 Å². The molecule has 17 heteroatoms. The molecule has 3 aliphatic rings. The summed E-state index contributed by atoms with van der Waals surface area (Å²) in [5, 5.41) is 34.0. The van der Waals surface area contributed by atoms with Crippen LogP contribution in [0.5, 0.6) is 5.75 Å². The second kappa shape index (κ2) is 10.1. The van der Waals surface area contributed by atoms with Gasteiger partial charge in [-0.25, -0.2) is 0 Å². The first-order chi connectivity index (χ1) is 19.6. The number of aliphatic hydroxyl groups excluding tert-OH is 2. The molecule has 0 bridgehead atoms. The lowest BCUT2D eigenvalue weighted by Gasteiger charge is -2.50. The summed E-state index contributed by atoms with van der Waals surface area (Å²) in [6, 6.07) is -0.182. The quantitative estimate of drug-likeness (QED) is 0.150. The highest BCUT2D eigenvalue weighted by Gasteiger charge is 2.63. The summed E-state index contributed by atoms with van der Waals surface area (Å²) in [7, 11) is -0.519. The highest BCUT2D eigenvalue weighted by atomic mass is 32.2. The number of likely N-dealkylation sites (N-methyl/N-ethyl adjacent to an activating group) is 1. The predicted molar refractivity (Wildman–Crippen MR) is 142 cm³/mol. The number of anilines is 1. The third-order valence-electron chi connectivity index (χ3n) is 8.02. The van der Waals surface area contributed by atoms with Crippen molar-refractivity contribution >= 4 is 39.1 Å². The molecule has 0 spiro atoms. The lowest BCUT2D eigenvalue weighted by atomic mass is 9.58. The third-order valence-corrected chi connectivity index (χ3v) is 8.97. The SMILES string of the molecule is CC(=O)c1cc(N(C)C)c2c(c1OS(=O)(=O)C(F)(F)F)C(=O)C1=C(O)[C@]3(O)C(=O)C(C(N)=O)=C(O)C(N(C)C)C3CC1C2. The molecule has 43 heavy (non-hydrogen) atoms. The normalized spacial score (nSPS) is 25.8. The maximum atomic E-state index is 14.1. The van der Waals surface area contributed by atoms with E-state index < -0.39 is 102 Å². The molecule has 3 aliphatic carbocycles. The summed E-state index contributed by atoms with van der Waals surface area (Å²) >= 11 is 0. The molecule has 4 rings (SSSR count). The molecule has 5 N–H and O–H groups in total. The summed E-state index contributed by atoms with van der Waals surface area (Å²) in [4.78, 5) is 54.9. The largest absolute Gasteiger partial charge is 0.534 e. The van der Waals surface area contributed by atoms with E-state index in [1.165, 1.54) is 38.0 Å². The molecule has 0 aromatic heterocycles. The molecule has 13 nitrogen and oxygen atoms in total. The molecule has 0 saturated carbocycles. The number of allylic oxidation sites excluding steroid dienone is 1. The first-order valence-electron chi connectivity index (χ1n) is 12.6. The van der Waals surface area contributed by atoms with Crippen LogP contribution < -0.4 is 14.8 Å². The number of fused-ring (bicyclic) bond motifs is 3. The number of aliphatic hydroxyl groups is 3. The number of Topliss-reactive ketones (excluding diaryl/α,β-unsaturated/α-hetero) is 3. The summed E-state index contributed by atoms with van der Waals surface area (Å²) in [5.41, 5.74) is -6.72. The zero-order valence-electron chi connectivity index (χ0n) is 23.4. The van der Waals surface area contributed by atoms with Crippen molar-refractivity contribution in [2.45, 2.75) is 36.9 Å². The highest BCUT2D eigenvalue weighted by molar-refractivity contribution is 7.88. The number of alkyl halides is 3. The monoisotopic (exact) mass is 631 g/mol. The topological polar surface area (TPSA) is 205 Å². The van der Waals surface area contributed by atoms with Gasteiger partial charge in [-0.1, -0.05) is 0 Å². The minimum absolute atomic E-state index is 0.0273. The maximum absolute atomic E-state index is 14.1. The molecule has 0 aliphatic heterocycles. The number of nitrogens with zero attached hydrogens (tertiary/aromatic N) is 2. The fourth-order valence-corrected chi connectivity index (χ4v) is 6.68. The Kier molecular flexibility index (Phi) is 7.48. The van der Waals surface area contributed by atoms with Crippen molar-refractivity contribution in [3.63, 3.8) is 0 Å². The van der Waals surface area contributed by atoms with Gasteiger partial charge in [0, 0.05) is 31.3 Å². The van der Waals surface area contributed by atoms with Crippen LogP contribution in [0.15, 0.2) is 28.7 Å². The van der Waals surface area contributed by atoms with Gasteiger partial charge < -0.3 is 30.1 Å². The zero-order valence-corrected chi connectivity index (χ0v) is 24.3. The Bertz CT molecular complexity index is 1660. The van der Waals surface area contributed by atoms with Crippen molar-refractivity contribution in [1.82, 2.24) is 4.90 Å². The van der Waals surface area contributed by atoms with Gasteiger partial charge in [0.2, 0.25) is 5.78 Å². The van der Waals surface area contributed by atoms with E-state index >= 15 is 0 Å². The second-order valence-electron chi connectivity index (χ2n) is 11.0. The Morgan fingerprint density at radius 1 is 1.14 bits per heavy atom. The van der Waals surface area contributed by atoms with Crippen molar-refractivity contribution in [2.24, 2.45) is 17.6 Å². The van der Waals surface area contributed by atoms with Crippen molar-refractivity contribution in [2.75, 3.05) is 33.1 Å². The Morgan fingerprint density at radius 2 is 1.72 bits per heavy atom. The third kappa shape index (κ3) is 4.56. The maximum Gasteiger partial charge on any atom is 0.534 e. The number of rotatable bonds is 6. The number of halogens is 3. The molecule has 3 unspecified atom stereocenters. The van der Waals surface area contributed by atoms with E-state index in [1.54, 1.807) is 0 Å². The van der Waals surface area contributed by atoms with Gasteiger partial charge in [0.15, 0.2) is 22.9 Å². The molecule has 4 atom stereocenters. The van der Waals surface area contributed by atoms with Gasteiger partial charge in [0.25, 0.3) is 5.91 Å². The van der Waals surface area contributed by atoms with Gasteiger partial charge in [-0.05, 0) is 51.4 Å². The predicted octanol–water partition coefficient (Wildman–Crippen LogP) is 0.912. The molecular formula is C26H28F3N3O10S. The number of carbonyl (C=O) groups excluding carboxylic acids is 4. The fraction of sp³-hybridized carbons (Fsp3) is 0.462. The van der Waals surface area contributed by atoms with Crippen molar-refractivity contribution in [1.29, 1.82) is 0 Å². The van der Waals surface area contributed by atoms with Gasteiger partial charge in [0.1, 0.15) is 17.1 Å². The summed E-state index contributed by atoms with van der Waals surface area (Å²) in [6.45, 7) is 0.904. The lowest BCUT2D eigenvalue weighted by molar-refractivity contribution is -0.148. The number of amides is 1. The van der Waals surface area contributed by atoms with Crippen LogP contribution in [0, 0.1) is 11.8 Å². The van der Waals surface area contributed by atoms with Crippen LogP contribution in [-0.2, 0) is 26.1 Å². The van der Waals surface area contributed by atoms with Crippen molar-refractivity contribution < 1.29 is 60.3 Å². The Balaban J connectivity index is 2.07. The Hall–Kier alpha value is -3.96. The second-order valence-corrected chi connectivity index (χ2v) is 12.6. The van der Waals surface area contributed by atoms with Crippen LogP contribution in [-0.4, -0.2) is 97.2 Å². The molecule has 0 fully saturated rings. The van der Waals surface area contributed by atoms with Crippen LogP contribution in [0.3, 0.4) is 0 Å². The minimum atomic E-state index is -6.41. The van der Waals surface area contributed by atoms with Crippen LogP contribution in [0.2, 0.25) is 0 Å². The van der Waals surface area contributed by atoms with Crippen LogP contribution in [0.25, 0.3) is 0 Å². The number of ketones is 3. The highest BCUT2D eigenvalue weighted by Crippen LogP contribution is 2.54. The molecule has 1 aromatic carbocycles. The van der Waals surface area contributed by atoms with Crippen LogP contribution in [0.1, 0.15) is 39.6 Å². The minimum Gasteiger partial charge on any atom is -0.510 e. The van der Waals surface area contributed by atoms with E-state index in [4.69, 9.17) is 5.73 Å². The summed E-state index contributed by atoms with van der Waals surface area (Å²) in [6.07, 6.45) is -0.535. The number of nitrogens with two attached hydrogens (primary N) is 1. The molecule has 1 amide bonds. The van der Waals surface area contributed by atoms with Gasteiger partial charge in [-0.15, -0.1) is 0 Å². The molecule has 0 saturated heterocycles. The first-order valence-corrected chi connectivity index (χ1v) is 14.0. The average molecular weight is 632 g/mol. The molecule has 1 aromatic rings. The Labute approximate surface area is 243 Å². The van der Waals surface area contributed by atoms with Crippen LogP contribution in [0.4, 0.5) is 18.9 Å². The van der Waals surface area contributed by atoms with E-state index in [9.17, 15) is 56.1 Å². The summed E-state index contributed by atoms with van der Waals surface area (Å²) < 4.78 is 68.6. The zero-order chi connectivity index (χ0) is 32.7. The standard InChI is InChI=1S/C26H28F3N3O10S/c1-9(33)11-8-14(31(2)3)12-6-10-7-13-18(32(4)5)20(35)17(24(30)38)23(37)25(13,39)22(36)15(10)19(34)16(12)21(11)42-43(40,41)26(27,28)29/h8,10,13,18,35-36,39H,6-7H2,1-5H3,(H2,30,38)/t10?,13?,18?,25-/m0/s1. The Morgan fingerprint density at radius 3 is 2.19 bits per heavy atom. The average Bonchev–Trinajstić information content (AvgIpc) is 2.84. The molecular weight excluding hydrogens is 603 g/mol. The lowest BCUT2D eigenvalue weighted by Crippen LogP contribution is -2.63. The first kappa shape index (κ1) is 32.0. The smallest absolute Gasteiger partial charge is 0.510 e.